The van der Waals surface area contributed by atoms with Gasteiger partial charge in [-0.2, -0.15) is 0 Å². The van der Waals surface area contributed by atoms with Crippen LogP contribution in [0.4, 0.5) is 0 Å². The van der Waals surface area contributed by atoms with E-state index >= 15 is 0 Å². The van der Waals surface area contributed by atoms with Gasteiger partial charge >= 0.3 is 0 Å². The van der Waals surface area contributed by atoms with Gasteiger partial charge in [0.25, 0.3) is 0 Å². The van der Waals surface area contributed by atoms with E-state index < -0.39 is 0 Å². The van der Waals surface area contributed by atoms with Gasteiger partial charge in [0.05, 0.1) is 29.4 Å². The number of halogens is 1. The lowest BCUT2D eigenvalue weighted by atomic mass is 10.0. The molecule has 0 fully saturated rings. The van der Waals surface area contributed by atoms with Crippen molar-refractivity contribution in [3.63, 3.8) is 0 Å². The Bertz CT molecular complexity index is 1470. The minimum atomic E-state index is 0.0462. The first-order valence-electron chi connectivity index (χ1n) is 11.1. The summed E-state index contributed by atoms with van der Waals surface area (Å²) >= 11 is 6.68. The van der Waals surface area contributed by atoms with Gasteiger partial charge in [-0.3, -0.25) is 9.38 Å². The van der Waals surface area contributed by atoms with Crippen LogP contribution in [-0.4, -0.2) is 37.3 Å². The summed E-state index contributed by atoms with van der Waals surface area (Å²) in [7, 11) is 0. The van der Waals surface area contributed by atoms with Gasteiger partial charge in [-0.25, -0.2) is 4.98 Å². The maximum absolute atomic E-state index is 6.68. The van der Waals surface area contributed by atoms with Gasteiger partial charge in [0, 0.05) is 41.0 Å². The Morgan fingerprint density at radius 3 is 2.71 bits per heavy atom. The number of rotatable bonds is 7. The average Bonchev–Trinajstić information content (AvgIpc) is 3.32. The topological polar surface area (TPSA) is 74.4 Å². The van der Waals surface area contributed by atoms with Crippen molar-refractivity contribution in [1.82, 2.24) is 24.6 Å². The molecule has 0 saturated heterocycles. The summed E-state index contributed by atoms with van der Waals surface area (Å²) in [5.74, 6) is 1.45. The number of fused-ring (bicyclic) bond motifs is 3. The second-order valence-corrected chi connectivity index (χ2v) is 8.74. The molecule has 3 heterocycles. The molecule has 0 aliphatic heterocycles. The SMILES string of the molecule is Cc1nc2c(-c3cc(OC(C)C)ccc3Cl)cc(OCCc3cccnc3)cc2n2cnnc12. The van der Waals surface area contributed by atoms with Crippen LogP contribution in [0.15, 0.2) is 61.2 Å². The molecule has 0 spiro atoms. The fourth-order valence-electron chi connectivity index (χ4n) is 3.95. The van der Waals surface area contributed by atoms with Crippen LogP contribution in [0.2, 0.25) is 5.02 Å². The maximum atomic E-state index is 6.68. The fraction of sp³-hybridized carbons (Fsp3) is 0.231. The van der Waals surface area contributed by atoms with Crippen LogP contribution in [0.25, 0.3) is 27.8 Å². The average molecular weight is 474 g/mol. The van der Waals surface area contributed by atoms with Gasteiger partial charge in [0.15, 0.2) is 5.65 Å². The molecule has 7 nitrogen and oxygen atoms in total. The molecule has 0 atom stereocenters. The monoisotopic (exact) mass is 473 g/mol. The lowest BCUT2D eigenvalue weighted by Gasteiger charge is -2.16. The van der Waals surface area contributed by atoms with Gasteiger partial charge in [0.1, 0.15) is 17.8 Å². The third-order valence-electron chi connectivity index (χ3n) is 5.46. The Morgan fingerprint density at radius 1 is 1.06 bits per heavy atom. The number of aryl methyl sites for hydroxylation is 1. The molecular weight excluding hydrogens is 450 g/mol. The van der Waals surface area contributed by atoms with Crippen molar-refractivity contribution in [2.45, 2.75) is 33.3 Å². The Balaban J connectivity index is 1.63. The molecule has 5 aromatic rings. The highest BCUT2D eigenvalue weighted by molar-refractivity contribution is 6.33. The molecule has 172 valence electrons. The van der Waals surface area contributed by atoms with E-state index in [0.717, 1.165) is 45.6 Å². The summed E-state index contributed by atoms with van der Waals surface area (Å²) in [6, 6.07) is 13.6. The lowest BCUT2D eigenvalue weighted by Crippen LogP contribution is -2.06. The zero-order valence-electron chi connectivity index (χ0n) is 19.2. The molecule has 0 bridgehead atoms. The van der Waals surface area contributed by atoms with E-state index in [1.165, 1.54) is 0 Å². The molecule has 8 heteroatoms. The molecule has 2 aromatic carbocycles. The number of ether oxygens (including phenoxy) is 2. The zero-order valence-corrected chi connectivity index (χ0v) is 20.0. The van der Waals surface area contributed by atoms with Gasteiger partial charge < -0.3 is 9.47 Å². The minimum Gasteiger partial charge on any atom is -0.493 e. The molecule has 5 rings (SSSR count). The molecule has 0 amide bonds. The van der Waals surface area contributed by atoms with Crippen molar-refractivity contribution in [1.29, 1.82) is 0 Å². The normalized spacial score (nSPS) is 11.4. The molecule has 34 heavy (non-hydrogen) atoms. The molecule has 0 saturated carbocycles. The number of pyridine rings is 1. The molecule has 3 aromatic heterocycles. The third kappa shape index (κ3) is 4.39. The summed E-state index contributed by atoms with van der Waals surface area (Å²) in [5, 5.41) is 8.92. The van der Waals surface area contributed by atoms with E-state index in [9.17, 15) is 0 Å². The van der Waals surface area contributed by atoms with Crippen molar-refractivity contribution in [2.24, 2.45) is 0 Å². The largest absolute Gasteiger partial charge is 0.493 e. The number of hydrogen-bond acceptors (Lipinski definition) is 6. The standard InChI is InChI=1S/C26H24ClN5O2/c1-16(2)34-19-6-7-23(27)21(11-19)22-12-20(33-10-8-18-5-4-9-28-14-18)13-24-25(22)30-17(3)26-31-29-15-32(24)26/h4-7,9,11-16H,8,10H2,1-3H3. The zero-order chi connectivity index (χ0) is 23.7. The van der Waals surface area contributed by atoms with E-state index in [4.69, 9.17) is 26.1 Å². The van der Waals surface area contributed by atoms with Gasteiger partial charge in [-0.05, 0) is 56.7 Å². The predicted octanol–water partition coefficient (Wildman–Crippen LogP) is 5.71. The summed E-state index contributed by atoms with van der Waals surface area (Å²) < 4.78 is 14.0. The molecule has 0 aliphatic carbocycles. The van der Waals surface area contributed by atoms with Crippen LogP contribution >= 0.6 is 11.6 Å². The number of benzene rings is 2. The second kappa shape index (κ2) is 9.27. The van der Waals surface area contributed by atoms with E-state index in [2.05, 4.69) is 15.2 Å². The highest BCUT2D eigenvalue weighted by atomic mass is 35.5. The van der Waals surface area contributed by atoms with Crippen LogP contribution in [0, 0.1) is 6.92 Å². The van der Waals surface area contributed by atoms with E-state index in [1.54, 1.807) is 12.5 Å². The van der Waals surface area contributed by atoms with Gasteiger partial charge in [-0.1, -0.05) is 17.7 Å². The Labute approximate surface area is 202 Å². The van der Waals surface area contributed by atoms with E-state index in [1.807, 2.05) is 73.8 Å². The minimum absolute atomic E-state index is 0.0462. The van der Waals surface area contributed by atoms with Gasteiger partial charge in [0.2, 0.25) is 0 Å². The Morgan fingerprint density at radius 2 is 1.91 bits per heavy atom. The second-order valence-electron chi connectivity index (χ2n) is 8.33. The first-order valence-corrected chi connectivity index (χ1v) is 11.5. The highest BCUT2D eigenvalue weighted by Gasteiger charge is 2.17. The highest BCUT2D eigenvalue weighted by Crippen LogP contribution is 2.38. The van der Waals surface area contributed by atoms with Crippen molar-refractivity contribution < 1.29 is 9.47 Å². The number of nitrogens with zero attached hydrogens (tertiary/aromatic N) is 5. The van der Waals surface area contributed by atoms with Crippen molar-refractivity contribution in [3.05, 3.63) is 77.5 Å². The van der Waals surface area contributed by atoms with Crippen LogP contribution in [0.1, 0.15) is 25.1 Å². The van der Waals surface area contributed by atoms with Gasteiger partial charge in [-0.15, -0.1) is 10.2 Å². The predicted molar refractivity (Wildman–Crippen MR) is 133 cm³/mol. The molecule has 0 radical (unpaired) electrons. The summed E-state index contributed by atoms with van der Waals surface area (Å²) in [5.41, 5.74) is 5.90. The lowest BCUT2D eigenvalue weighted by molar-refractivity contribution is 0.242. The summed E-state index contributed by atoms with van der Waals surface area (Å²) in [4.78, 5) is 9.04. The smallest absolute Gasteiger partial charge is 0.182 e. The maximum Gasteiger partial charge on any atom is 0.182 e. The Kier molecular flexibility index (Phi) is 6.02. The number of aromatic nitrogens is 5. The van der Waals surface area contributed by atoms with E-state index in [-0.39, 0.29) is 6.10 Å². The first-order chi connectivity index (χ1) is 16.5. The molecule has 0 aliphatic rings. The van der Waals surface area contributed by atoms with Crippen LogP contribution in [-0.2, 0) is 6.42 Å². The summed E-state index contributed by atoms with van der Waals surface area (Å²) in [6.45, 7) is 6.42. The Hall–Kier alpha value is -3.71. The van der Waals surface area contributed by atoms with Crippen molar-refractivity contribution >= 4 is 28.3 Å². The van der Waals surface area contributed by atoms with Crippen LogP contribution in [0.3, 0.4) is 0 Å². The van der Waals surface area contributed by atoms with Crippen molar-refractivity contribution in [2.75, 3.05) is 6.61 Å². The number of hydrogen-bond donors (Lipinski definition) is 0. The molecular formula is C26H24ClN5O2. The summed E-state index contributed by atoms with van der Waals surface area (Å²) in [6.07, 6.45) is 6.09. The third-order valence-corrected chi connectivity index (χ3v) is 5.79. The molecule has 0 unspecified atom stereocenters. The molecule has 0 N–H and O–H groups in total. The van der Waals surface area contributed by atoms with Crippen LogP contribution in [0.5, 0.6) is 11.5 Å². The van der Waals surface area contributed by atoms with E-state index in [0.29, 0.717) is 23.0 Å². The van der Waals surface area contributed by atoms with Crippen molar-refractivity contribution in [3.8, 4) is 22.6 Å². The fourth-order valence-corrected chi connectivity index (χ4v) is 4.17. The first kappa shape index (κ1) is 22.1. The quantitative estimate of drug-likeness (QED) is 0.301. The van der Waals surface area contributed by atoms with Crippen LogP contribution < -0.4 is 9.47 Å².